The van der Waals surface area contributed by atoms with Crippen LogP contribution in [0.3, 0.4) is 0 Å². The molecule has 0 aromatic rings. The highest BCUT2D eigenvalue weighted by Gasteiger charge is 2.31. The Kier molecular flexibility index (Phi) is 1.99. The van der Waals surface area contributed by atoms with Gasteiger partial charge < -0.3 is 5.11 Å². The lowest BCUT2D eigenvalue weighted by molar-refractivity contribution is 0.0317. The van der Waals surface area contributed by atoms with E-state index >= 15 is 0 Å². The molecule has 0 bridgehead atoms. The molecule has 3 atom stereocenters. The number of aliphatic hydroxyl groups excluding tert-OH is 1. The lowest BCUT2D eigenvalue weighted by Gasteiger charge is -2.36. The molecule has 0 unspecified atom stereocenters. The number of hydrogen-bond acceptors (Lipinski definition) is 1. The fourth-order valence-electron chi connectivity index (χ4n) is 2.50. The minimum absolute atomic E-state index is 0.00120. The summed E-state index contributed by atoms with van der Waals surface area (Å²) in [7, 11) is 0. The third kappa shape index (κ3) is 1.34. The SMILES string of the molecule is O[C@H]1CCC[C@H]2CC=CC[C@@H]21. The highest BCUT2D eigenvalue weighted by atomic mass is 16.3. The van der Waals surface area contributed by atoms with Crippen molar-refractivity contribution in [2.45, 2.75) is 38.2 Å². The number of hydrogen-bond donors (Lipinski definition) is 1. The predicted molar refractivity (Wildman–Crippen MR) is 45.2 cm³/mol. The molecule has 2 rings (SSSR count). The second-order valence-corrected chi connectivity index (χ2v) is 3.86. The number of fused-ring (bicyclic) bond motifs is 1. The molecular formula is C10H16O. The van der Waals surface area contributed by atoms with Crippen LogP contribution in [-0.4, -0.2) is 11.2 Å². The van der Waals surface area contributed by atoms with Gasteiger partial charge in [-0.15, -0.1) is 0 Å². The Hall–Kier alpha value is -0.300. The van der Waals surface area contributed by atoms with Gasteiger partial charge in [0.2, 0.25) is 0 Å². The third-order valence-corrected chi connectivity index (χ3v) is 3.19. The highest BCUT2D eigenvalue weighted by molar-refractivity contribution is 4.98. The molecule has 0 saturated heterocycles. The molecule has 2 aliphatic carbocycles. The van der Waals surface area contributed by atoms with E-state index in [4.69, 9.17) is 0 Å². The molecule has 1 heteroatoms. The van der Waals surface area contributed by atoms with Gasteiger partial charge in [-0.3, -0.25) is 0 Å². The van der Waals surface area contributed by atoms with Gasteiger partial charge in [0.25, 0.3) is 0 Å². The van der Waals surface area contributed by atoms with Crippen LogP contribution in [-0.2, 0) is 0 Å². The van der Waals surface area contributed by atoms with E-state index in [0.29, 0.717) is 5.92 Å². The molecule has 0 radical (unpaired) electrons. The Bertz CT molecular complexity index is 162. The maximum absolute atomic E-state index is 9.67. The van der Waals surface area contributed by atoms with Crippen molar-refractivity contribution in [2.75, 3.05) is 0 Å². The Labute approximate surface area is 68.1 Å². The first-order valence-corrected chi connectivity index (χ1v) is 4.71. The first-order chi connectivity index (χ1) is 5.38. The number of rotatable bonds is 0. The first-order valence-electron chi connectivity index (χ1n) is 4.71. The Balaban J connectivity index is 2.07. The van der Waals surface area contributed by atoms with Crippen LogP contribution in [0.2, 0.25) is 0 Å². The molecule has 0 aromatic heterocycles. The lowest BCUT2D eigenvalue weighted by Crippen LogP contribution is -2.33. The molecular weight excluding hydrogens is 136 g/mol. The summed E-state index contributed by atoms with van der Waals surface area (Å²) in [6.45, 7) is 0. The summed E-state index contributed by atoms with van der Waals surface area (Å²) in [6.07, 6.45) is 10.4. The molecule has 1 saturated carbocycles. The fourth-order valence-corrected chi connectivity index (χ4v) is 2.50. The third-order valence-electron chi connectivity index (χ3n) is 3.19. The van der Waals surface area contributed by atoms with E-state index in [1.54, 1.807) is 0 Å². The predicted octanol–water partition coefficient (Wildman–Crippen LogP) is 2.11. The Morgan fingerprint density at radius 3 is 2.73 bits per heavy atom. The van der Waals surface area contributed by atoms with Crippen LogP contribution in [0.25, 0.3) is 0 Å². The highest BCUT2D eigenvalue weighted by Crippen LogP contribution is 2.37. The van der Waals surface area contributed by atoms with Crippen LogP contribution < -0.4 is 0 Å². The maximum atomic E-state index is 9.67. The van der Waals surface area contributed by atoms with Crippen LogP contribution in [0.5, 0.6) is 0 Å². The van der Waals surface area contributed by atoms with Crippen molar-refractivity contribution in [1.82, 2.24) is 0 Å². The average Bonchev–Trinajstić information content (AvgIpc) is 2.06. The number of allylic oxidation sites excluding steroid dienone is 2. The molecule has 0 aliphatic heterocycles. The van der Waals surface area contributed by atoms with Crippen molar-refractivity contribution in [3.63, 3.8) is 0 Å². The van der Waals surface area contributed by atoms with Gasteiger partial charge in [-0.1, -0.05) is 18.6 Å². The molecule has 1 nitrogen and oxygen atoms in total. The lowest BCUT2D eigenvalue weighted by atomic mass is 9.72. The van der Waals surface area contributed by atoms with Crippen molar-refractivity contribution in [2.24, 2.45) is 11.8 Å². The molecule has 0 amide bonds. The van der Waals surface area contributed by atoms with E-state index < -0.39 is 0 Å². The fraction of sp³-hybridized carbons (Fsp3) is 0.800. The standard InChI is InChI=1S/C10H16O/c11-10-7-3-5-8-4-1-2-6-9(8)10/h1-2,8-11H,3-7H2/t8-,9+,10+/m1/s1. The molecule has 0 spiro atoms. The van der Waals surface area contributed by atoms with E-state index in [1.165, 1.54) is 19.3 Å². The van der Waals surface area contributed by atoms with Gasteiger partial charge in [0.15, 0.2) is 0 Å². The van der Waals surface area contributed by atoms with Crippen molar-refractivity contribution >= 4 is 0 Å². The molecule has 1 N–H and O–H groups in total. The van der Waals surface area contributed by atoms with E-state index in [-0.39, 0.29) is 6.10 Å². The smallest absolute Gasteiger partial charge is 0.0574 e. The zero-order valence-corrected chi connectivity index (χ0v) is 6.87. The zero-order valence-electron chi connectivity index (χ0n) is 6.87. The van der Waals surface area contributed by atoms with E-state index in [0.717, 1.165) is 18.8 Å². The zero-order chi connectivity index (χ0) is 7.68. The summed E-state index contributed by atoms with van der Waals surface area (Å²) in [6, 6.07) is 0. The second kappa shape index (κ2) is 2.98. The monoisotopic (exact) mass is 152 g/mol. The normalized spacial score (nSPS) is 43.5. The van der Waals surface area contributed by atoms with E-state index in [9.17, 15) is 5.11 Å². The van der Waals surface area contributed by atoms with Crippen LogP contribution in [0.4, 0.5) is 0 Å². The maximum Gasteiger partial charge on any atom is 0.0574 e. The Morgan fingerprint density at radius 2 is 1.91 bits per heavy atom. The molecule has 0 aromatic carbocycles. The van der Waals surface area contributed by atoms with Gasteiger partial charge in [0, 0.05) is 0 Å². The topological polar surface area (TPSA) is 20.2 Å². The van der Waals surface area contributed by atoms with Gasteiger partial charge >= 0.3 is 0 Å². The van der Waals surface area contributed by atoms with Crippen LogP contribution in [0.1, 0.15) is 32.1 Å². The van der Waals surface area contributed by atoms with Gasteiger partial charge in [-0.05, 0) is 37.5 Å². The van der Waals surface area contributed by atoms with Crippen molar-refractivity contribution < 1.29 is 5.11 Å². The molecule has 62 valence electrons. The summed E-state index contributed by atoms with van der Waals surface area (Å²) in [5, 5.41) is 9.67. The first kappa shape index (κ1) is 7.35. The second-order valence-electron chi connectivity index (χ2n) is 3.86. The minimum Gasteiger partial charge on any atom is -0.393 e. The van der Waals surface area contributed by atoms with Gasteiger partial charge in [-0.2, -0.15) is 0 Å². The summed E-state index contributed by atoms with van der Waals surface area (Å²) < 4.78 is 0. The van der Waals surface area contributed by atoms with Crippen LogP contribution in [0, 0.1) is 11.8 Å². The molecule has 0 heterocycles. The Morgan fingerprint density at radius 1 is 1.09 bits per heavy atom. The van der Waals surface area contributed by atoms with Gasteiger partial charge in [0.1, 0.15) is 0 Å². The van der Waals surface area contributed by atoms with Crippen LogP contribution >= 0.6 is 0 Å². The van der Waals surface area contributed by atoms with Gasteiger partial charge in [-0.25, -0.2) is 0 Å². The van der Waals surface area contributed by atoms with Crippen molar-refractivity contribution in [1.29, 1.82) is 0 Å². The van der Waals surface area contributed by atoms with Crippen LogP contribution in [0.15, 0.2) is 12.2 Å². The van der Waals surface area contributed by atoms with Crippen molar-refractivity contribution in [3.05, 3.63) is 12.2 Å². The van der Waals surface area contributed by atoms with E-state index in [2.05, 4.69) is 12.2 Å². The average molecular weight is 152 g/mol. The summed E-state index contributed by atoms with van der Waals surface area (Å²) in [4.78, 5) is 0. The quantitative estimate of drug-likeness (QED) is 0.527. The molecule has 1 fully saturated rings. The molecule has 11 heavy (non-hydrogen) atoms. The largest absolute Gasteiger partial charge is 0.393 e. The minimum atomic E-state index is -0.00120. The molecule has 2 aliphatic rings. The summed E-state index contributed by atoms with van der Waals surface area (Å²) >= 11 is 0. The van der Waals surface area contributed by atoms with Crippen molar-refractivity contribution in [3.8, 4) is 0 Å². The number of aliphatic hydroxyl groups is 1. The summed E-state index contributed by atoms with van der Waals surface area (Å²) in [5.41, 5.74) is 0. The van der Waals surface area contributed by atoms with E-state index in [1.807, 2.05) is 0 Å². The summed E-state index contributed by atoms with van der Waals surface area (Å²) in [5.74, 6) is 1.39. The van der Waals surface area contributed by atoms with Gasteiger partial charge in [0.05, 0.1) is 6.10 Å².